The standard InChI is InChI=1S/C15H20N2O/c1-9(2)7-13-14(15(16)18-17-13)12-6-5-10(3)11(4)8-12/h5-6,8-9H,7,16H2,1-4H3. The fourth-order valence-electron chi connectivity index (χ4n) is 2.07. The van der Waals surface area contributed by atoms with E-state index in [4.69, 9.17) is 10.3 Å². The summed E-state index contributed by atoms with van der Waals surface area (Å²) in [5, 5.41) is 4.08. The third-order valence-electron chi connectivity index (χ3n) is 3.19. The van der Waals surface area contributed by atoms with E-state index in [1.54, 1.807) is 0 Å². The molecular formula is C15H20N2O. The molecule has 2 aromatic rings. The molecule has 96 valence electrons. The summed E-state index contributed by atoms with van der Waals surface area (Å²) in [6.45, 7) is 8.53. The zero-order valence-corrected chi connectivity index (χ0v) is 11.4. The predicted octanol–water partition coefficient (Wildman–Crippen LogP) is 3.74. The molecule has 0 radical (unpaired) electrons. The van der Waals surface area contributed by atoms with Crippen LogP contribution in [0, 0.1) is 19.8 Å². The Morgan fingerprint density at radius 2 is 1.94 bits per heavy atom. The summed E-state index contributed by atoms with van der Waals surface area (Å²) in [6, 6.07) is 6.33. The molecule has 1 aromatic carbocycles. The van der Waals surface area contributed by atoms with Gasteiger partial charge in [-0.1, -0.05) is 37.2 Å². The molecule has 0 aliphatic heterocycles. The Hall–Kier alpha value is -1.77. The molecule has 0 saturated carbocycles. The molecular weight excluding hydrogens is 224 g/mol. The first-order valence-corrected chi connectivity index (χ1v) is 6.30. The fourth-order valence-corrected chi connectivity index (χ4v) is 2.07. The number of rotatable bonds is 3. The zero-order chi connectivity index (χ0) is 13.3. The Kier molecular flexibility index (Phi) is 3.41. The molecule has 2 rings (SSSR count). The van der Waals surface area contributed by atoms with Gasteiger partial charge in [-0.05, 0) is 42.9 Å². The van der Waals surface area contributed by atoms with Gasteiger partial charge in [0.1, 0.15) is 0 Å². The minimum absolute atomic E-state index is 0.411. The van der Waals surface area contributed by atoms with Crippen molar-refractivity contribution >= 4 is 5.88 Å². The molecule has 1 aromatic heterocycles. The van der Waals surface area contributed by atoms with Crippen LogP contribution in [0.5, 0.6) is 0 Å². The molecule has 0 saturated heterocycles. The number of aromatic nitrogens is 1. The van der Waals surface area contributed by atoms with Gasteiger partial charge in [0.25, 0.3) is 0 Å². The van der Waals surface area contributed by atoms with Gasteiger partial charge in [0, 0.05) is 0 Å². The quantitative estimate of drug-likeness (QED) is 0.894. The van der Waals surface area contributed by atoms with Crippen molar-refractivity contribution < 1.29 is 4.52 Å². The van der Waals surface area contributed by atoms with Crippen LogP contribution in [0.25, 0.3) is 11.1 Å². The van der Waals surface area contributed by atoms with Crippen LogP contribution in [0.15, 0.2) is 22.7 Å². The average molecular weight is 244 g/mol. The molecule has 0 bridgehead atoms. The summed E-state index contributed by atoms with van der Waals surface area (Å²) in [5.41, 5.74) is 11.4. The largest absolute Gasteiger partial charge is 0.367 e. The summed E-state index contributed by atoms with van der Waals surface area (Å²) < 4.78 is 5.15. The molecule has 0 atom stereocenters. The highest BCUT2D eigenvalue weighted by Gasteiger charge is 2.16. The van der Waals surface area contributed by atoms with E-state index in [1.807, 2.05) is 0 Å². The van der Waals surface area contributed by atoms with E-state index >= 15 is 0 Å². The number of hydrogen-bond donors (Lipinski definition) is 1. The van der Waals surface area contributed by atoms with E-state index in [1.165, 1.54) is 11.1 Å². The van der Waals surface area contributed by atoms with Gasteiger partial charge in [-0.3, -0.25) is 0 Å². The van der Waals surface area contributed by atoms with Crippen LogP contribution in [0.2, 0.25) is 0 Å². The second-order valence-corrected chi connectivity index (χ2v) is 5.27. The maximum Gasteiger partial charge on any atom is 0.230 e. The molecule has 0 aliphatic carbocycles. The molecule has 2 N–H and O–H groups in total. The SMILES string of the molecule is Cc1ccc(-c2c(CC(C)C)noc2N)cc1C. The second kappa shape index (κ2) is 4.84. The Balaban J connectivity index is 2.48. The van der Waals surface area contributed by atoms with Crippen molar-refractivity contribution in [3.63, 3.8) is 0 Å². The van der Waals surface area contributed by atoms with E-state index < -0.39 is 0 Å². The molecule has 3 heteroatoms. The van der Waals surface area contributed by atoms with Crippen molar-refractivity contribution in [1.29, 1.82) is 0 Å². The minimum atomic E-state index is 0.411. The first-order chi connectivity index (χ1) is 8.49. The first-order valence-electron chi connectivity index (χ1n) is 6.30. The Labute approximate surface area is 108 Å². The van der Waals surface area contributed by atoms with E-state index in [9.17, 15) is 0 Å². The van der Waals surface area contributed by atoms with Gasteiger partial charge in [-0.25, -0.2) is 0 Å². The first kappa shape index (κ1) is 12.7. The van der Waals surface area contributed by atoms with Gasteiger partial charge in [0.05, 0.1) is 11.3 Å². The summed E-state index contributed by atoms with van der Waals surface area (Å²) in [5.74, 6) is 0.939. The van der Waals surface area contributed by atoms with Gasteiger partial charge >= 0.3 is 0 Å². The molecule has 0 fully saturated rings. The Bertz CT molecular complexity index is 556. The number of nitrogens with two attached hydrogens (primary N) is 1. The van der Waals surface area contributed by atoms with Crippen molar-refractivity contribution in [2.75, 3.05) is 5.73 Å². The van der Waals surface area contributed by atoms with Crippen molar-refractivity contribution in [3.05, 3.63) is 35.0 Å². The molecule has 0 unspecified atom stereocenters. The van der Waals surface area contributed by atoms with E-state index in [-0.39, 0.29) is 0 Å². The molecule has 0 amide bonds. The fraction of sp³-hybridized carbons (Fsp3) is 0.400. The van der Waals surface area contributed by atoms with Gasteiger partial charge in [0.15, 0.2) is 0 Å². The number of nitrogens with zero attached hydrogens (tertiary/aromatic N) is 1. The normalized spacial score (nSPS) is 11.2. The number of hydrogen-bond acceptors (Lipinski definition) is 3. The lowest BCUT2D eigenvalue weighted by Gasteiger charge is -2.07. The number of aryl methyl sites for hydroxylation is 2. The van der Waals surface area contributed by atoms with Crippen LogP contribution in [0.1, 0.15) is 30.7 Å². The molecule has 1 heterocycles. The lowest BCUT2D eigenvalue weighted by atomic mass is 9.97. The zero-order valence-electron chi connectivity index (χ0n) is 11.4. The van der Waals surface area contributed by atoms with Crippen LogP contribution >= 0.6 is 0 Å². The topological polar surface area (TPSA) is 52.0 Å². The van der Waals surface area contributed by atoms with Crippen molar-refractivity contribution in [2.24, 2.45) is 5.92 Å². The summed E-state index contributed by atoms with van der Waals surface area (Å²) in [7, 11) is 0. The third kappa shape index (κ3) is 2.40. The number of anilines is 1. The van der Waals surface area contributed by atoms with Gasteiger partial charge in [-0.15, -0.1) is 0 Å². The van der Waals surface area contributed by atoms with E-state index in [0.29, 0.717) is 11.8 Å². The summed E-state index contributed by atoms with van der Waals surface area (Å²) >= 11 is 0. The van der Waals surface area contributed by atoms with Crippen LogP contribution in [-0.2, 0) is 6.42 Å². The Morgan fingerprint density at radius 1 is 1.22 bits per heavy atom. The van der Waals surface area contributed by atoms with Crippen LogP contribution in [0.3, 0.4) is 0 Å². The highest BCUT2D eigenvalue weighted by molar-refractivity contribution is 5.75. The lowest BCUT2D eigenvalue weighted by molar-refractivity contribution is 0.422. The second-order valence-electron chi connectivity index (χ2n) is 5.27. The Morgan fingerprint density at radius 3 is 2.56 bits per heavy atom. The third-order valence-corrected chi connectivity index (χ3v) is 3.19. The van der Waals surface area contributed by atoms with Crippen LogP contribution < -0.4 is 5.73 Å². The van der Waals surface area contributed by atoms with Crippen molar-refractivity contribution in [3.8, 4) is 11.1 Å². The van der Waals surface area contributed by atoms with Gasteiger partial charge in [0.2, 0.25) is 5.88 Å². The molecule has 18 heavy (non-hydrogen) atoms. The van der Waals surface area contributed by atoms with Crippen molar-refractivity contribution in [2.45, 2.75) is 34.1 Å². The molecule has 0 aliphatic rings. The number of benzene rings is 1. The minimum Gasteiger partial charge on any atom is -0.367 e. The van der Waals surface area contributed by atoms with Crippen molar-refractivity contribution in [1.82, 2.24) is 5.16 Å². The van der Waals surface area contributed by atoms with Gasteiger partial charge in [-0.2, -0.15) is 0 Å². The average Bonchev–Trinajstić information content (AvgIpc) is 2.63. The van der Waals surface area contributed by atoms with Gasteiger partial charge < -0.3 is 10.3 Å². The predicted molar refractivity (Wildman–Crippen MR) is 74.4 cm³/mol. The lowest BCUT2D eigenvalue weighted by Crippen LogP contribution is -1.97. The van der Waals surface area contributed by atoms with E-state index in [0.717, 1.165) is 23.2 Å². The highest BCUT2D eigenvalue weighted by Crippen LogP contribution is 2.32. The van der Waals surface area contributed by atoms with Crippen LogP contribution in [-0.4, -0.2) is 5.16 Å². The summed E-state index contributed by atoms with van der Waals surface area (Å²) in [6.07, 6.45) is 0.878. The number of nitrogen functional groups attached to an aromatic ring is 1. The smallest absolute Gasteiger partial charge is 0.230 e. The monoisotopic (exact) mass is 244 g/mol. The molecule has 3 nitrogen and oxygen atoms in total. The molecule has 0 spiro atoms. The maximum atomic E-state index is 5.91. The van der Waals surface area contributed by atoms with Crippen LogP contribution in [0.4, 0.5) is 5.88 Å². The van der Waals surface area contributed by atoms with E-state index in [2.05, 4.69) is 51.1 Å². The maximum absolute atomic E-state index is 5.91. The highest BCUT2D eigenvalue weighted by atomic mass is 16.5. The summed E-state index contributed by atoms with van der Waals surface area (Å²) in [4.78, 5) is 0.